The number of carbonyl (C=O) groups excluding carboxylic acids is 1. The Morgan fingerprint density at radius 1 is 1.21 bits per heavy atom. The van der Waals surface area contributed by atoms with Crippen molar-refractivity contribution in [2.24, 2.45) is 5.16 Å². The molecule has 33 heavy (non-hydrogen) atoms. The summed E-state index contributed by atoms with van der Waals surface area (Å²) in [7, 11) is 0. The second-order valence-corrected chi connectivity index (χ2v) is 8.75. The summed E-state index contributed by atoms with van der Waals surface area (Å²) < 4.78 is 46.2. The van der Waals surface area contributed by atoms with E-state index in [2.05, 4.69) is 5.16 Å². The van der Waals surface area contributed by atoms with Crippen LogP contribution in [-0.2, 0) is 15.8 Å². The van der Waals surface area contributed by atoms with Gasteiger partial charge in [-0.25, -0.2) is 0 Å². The number of rotatable bonds is 8. The number of alkyl halides is 3. The van der Waals surface area contributed by atoms with Crippen LogP contribution in [0.1, 0.15) is 32.8 Å². The summed E-state index contributed by atoms with van der Waals surface area (Å²) in [5.41, 5.74) is 0.436. The van der Waals surface area contributed by atoms with Crippen LogP contribution < -0.4 is 9.61 Å². The van der Waals surface area contributed by atoms with E-state index >= 15 is 0 Å². The van der Waals surface area contributed by atoms with Gasteiger partial charge in [-0.15, -0.1) is 0 Å². The summed E-state index contributed by atoms with van der Waals surface area (Å²) in [6.45, 7) is 5.29. The Labute approximate surface area is 196 Å². The Balaban J connectivity index is 1.80. The fraction of sp³-hybridized carbons (Fsp3) is 0.318. The van der Waals surface area contributed by atoms with E-state index in [1.165, 1.54) is 4.57 Å². The second kappa shape index (κ2) is 9.96. The highest BCUT2D eigenvalue weighted by molar-refractivity contribution is 7.16. The van der Waals surface area contributed by atoms with Gasteiger partial charge in [0.05, 0.1) is 32.2 Å². The van der Waals surface area contributed by atoms with Crippen molar-refractivity contribution in [1.29, 1.82) is 0 Å². The molecule has 0 saturated carbocycles. The molecule has 0 bridgehead atoms. The zero-order valence-electron chi connectivity index (χ0n) is 17.9. The third-order valence-corrected chi connectivity index (χ3v) is 5.73. The lowest BCUT2D eigenvalue weighted by Crippen LogP contribution is -2.24. The van der Waals surface area contributed by atoms with Crippen LogP contribution in [0.15, 0.2) is 46.3 Å². The number of nitrogens with zero attached hydrogens (tertiary/aromatic N) is 2. The molecule has 0 aliphatic carbocycles. The van der Waals surface area contributed by atoms with Crippen LogP contribution in [0, 0.1) is 0 Å². The van der Waals surface area contributed by atoms with Crippen molar-refractivity contribution in [3.05, 3.63) is 56.7 Å². The fourth-order valence-electron chi connectivity index (χ4n) is 2.96. The maximum absolute atomic E-state index is 12.9. The molecule has 0 fully saturated rings. The van der Waals surface area contributed by atoms with Gasteiger partial charge in [-0.1, -0.05) is 28.1 Å². The van der Waals surface area contributed by atoms with E-state index in [9.17, 15) is 22.8 Å². The Morgan fingerprint density at radius 3 is 2.58 bits per heavy atom. The van der Waals surface area contributed by atoms with Crippen LogP contribution in [0.2, 0.25) is 5.02 Å². The summed E-state index contributed by atoms with van der Waals surface area (Å²) in [6, 6.07) is 7.59. The highest BCUT2D eigenvalue weighted by atomic mass is 35.5. The van der Waals surface area contributed by atoms with E-state index in [0.717, 1.165) is 35.2 Å². The van der Waals surface area contributed by atoms with Crippen molar-refractivity contribution in [3.63, 3.8) is 0 Å². The first-order chi connectivity index (χ1) is 15.5. The third kappa shape index (κ3) is 5.94. The quantitative estimate of drug-likeness (QED) is 0.220. The molecule has 3 rings (SSSR count). The Hall–Kier alpha value is -2.85. The Bertz CT molecular complexity index is 1260. The van der Waals surface area contributed by atoms with Crippen molar-refractivity contribution in [1.82, 2.24) is 4.57 Å². The van der Waals surface area contributed by atoms with Gasteiger partial charge in [-0.3, -0.25) is 14.2 Å². The molecule has 0 radical (unpaired) electrons. The lowest BCUT2D eigenvalue weighted by Gasteiger charge is -2.14. The van der Waals surface area contributed by atoms with Gasteiger partial charge in [0.25, 0.3) is 0 Å². The van der Waals surface area contributed by atoms with Crippen molar-refractivity contribution in [2.45, 2.75) is 39.5 Å². The lowest BCUT2D eigenvalue weighted by molar-refractivity contribution is -0.137. The van der Waals surface area contributed by atoms with E-state index < -0.39 is 22.7 Å². The number of Topliss-reactive ketones (excluding diaryl/α,β-unsaturated/α-hetero) is 1. The maximum Gasteiger partial charge on any atom is 0.416 e. The Morgan fingerprint density at radius 2 is 1.94 bits per heavy atom. The van der Waals surface area contributed by atoms with Crippen molar-refractivity contribution in [3.8, 4) is 11.4 Å². The molecule has 0 N–H and O–H groups in total. The number of hydrogen-bond acceptors (Lipinski definition) is 6. The average Bonchev–Trinajstić information content (AvgIpc) is 3.05. The molecule has 0 aliphatic rings. The molecule has 11 heteroatoms. The first-order valence-corrected chi connectivity index (χ1v) is 11.0. The molecule has 1 atom stereocenters. The molecule has 0 saturated heterocycles. The number of fused-ring (bicyclic) bond motifs is 1. The molecule has 0 aliphatic heterocycles. The van der Waals surface area contributed by atoms with Crippen LogP contribution in [0.25, 0.3) is 15.9 Å². The molecule has 1 heterocycles. The molecular formula is C22H20ClF3N2O4S. The van der Waals surface area contributed by atoms with E-state index in [1.807, 2.05) is 0 Å². The van der Waals surface area contributed by atoms with Crippen molar-refractivity contribution >= 4 is 44.6 Å². The number of aromatic nitrogens is 1. The molecule has 1 aromatic heterocycles. The van der Waals surface area contributed by atoms with E-state index in [1.54, 1.807) is 39.0 Å². The molecule has 176 valence electrons. The van der Waals surface area contributed by atoms with Crippen LogP contribution in [-0.4, -0.2) is 28.8 Å². The monoisotopic (exact) mass is 500 g/mol. The molecule has 2 aromatic carbocycles. The van der Waals surface area contributed by atoms with Gasteiger partial charge in [-0.05, 0) is 57.2 Å². The van der Waals surface area contributed by atoms with Crippen LogP contribution in [0.5, 0.6) is 5.75 Å². The molecule has 6 nitrogen and oxygen atoms in total. The fourth-order valence-corrected chi connectivity index (χ4v) is 4.14. The normalized spacial score (nSPS) is 12.5. The standard InChI is InChI=1S/C22H20ClF3N2O4S/c1-12(2)27-31-9-8-19(29)13(3)32-15-5-7-18-20(11-15)33-21(30)28(18)17-6-4-14(10-16(17)23)22(24,25)26/h4-7,10-11,13H,8-9H2,1-3H3. The molecule has 0 spiro atoms. The highest BCUT2D eigenvalue weighted by Crippen LogP contribution is 2.34. The van der Waals surface area contributed by atoms with Crippen LogP contribution in [0.3, 0.4) is 0 Å². The van der Waals surface area contributed by atoms with Crippen LogP contribution in [0.4, 0.5) is 13.2 Å². The molecular weight excluding hydrogens is 481 g/mol. The van der Waals surface area contributed by atoms with Gasteiger partial charge in [0.15, 0.2) is 11.9 Å². The number of halogens is 4. The summed E-state index contributed by atoms with van der Waals surface area (Å²) in [6.07, 6.45) is -5.17. The van der Waals surface area contributed by atoms with Crippen molar-refractivity contribution < 1.29 is 27.5 Å². The van der Waals surface area contributed by atoms with E-state index in [0.29, 0.717) is 16.0 Å². The van der Waals surface area contributed by atoms with Gasteiger partial charge >= 0.3 is 11.0 Å². The summed E-state index contributed by atoms with van der Waals surface area (Å²) in [4.78, 5) is 29.4. The summed E-state index contributed by atoms with van der Waals surface area (Å²) >= 11 is 6.96. The van der Waals surface area contributed by atoms with E-state index in [-0.39, 0.29) is 29.5 Å². The third-order valence-electron chi connectivity index (χ3n) is 4.52. The molecule has 0 amide bonds. The second-order valence-electron chi connectivity index (χ2n) is 7.34. The minimum absolute atomic E-state index is 0.121. The van der Waals surface area contributed by atoms with Gasteiger partial charge in [0.2, 0.25) is 0 Å². The number of hydrogen-bond donors (Lipinski definition) is 0. The zero-order chi connectivity index (χ0) is 24.3. The number of benzene rings is 2. The van der Waals surface area contributed by atoms with Gasteiger partial charge in [-0.2, -0.15) is 13.2 Å². The zero-order valence-corrected chi connectivity index (χ0v) is 19.5. The maximum atomic E-state index is 12.9. The number of oxime groups is 1. The van der Waals surface area contributed by atoms with E-state index in [4.69, 9.17) is 21.2 Å². The number of carbonyl (C=O) groups is 1. The predicted molar refractivity (Wildman–Crippen MR) is 122 cm³/mol. The largest absolute Gasteiger partial charge is 0.483 e. The number of ether oxygens (including phenoxy) is 1. The average molecular weight is 501 g/mol. The summed E-state index contributed by atoms with van der Waals surface area (Å²) in [5.74, 6) is 0.194. The Kier molecular flexibility index (Phi) is 7.48. The minimum Gasteiger partial charge on any atom is -0.483 e. The molecule has 3 aromatic rings. The van der Waals surface area contributed by atoms with Crippen molar-refractivity contribution in [2.75, 3.05) is 6.61 Å². The first-order valence-electron chi connectivity index (χ1n) is 9.82. The van der Waals surface area contributed by atoms with Gasteiger partial charge in [0.1, 0.15) is 12.4 Å². The number of thiazole rings is 1. The highest BCUT2D eigenvalue weighted by Gasteiger charge is 2.31. The summed E-state index contributed by atoms with van der Waals surface area (Å²) in [5, 5.41) is 3.56. The SMILES string of the molecule is CC(C)=NOCCC(=O)C(C)Oc1ccc2c(c1)sc(=O)n2-c1ccc(C(F)(F)F)cc1Cl. The minimum atomic E-state index is -4.54. The predicted octanol–water partition coefficient (Wildman–Crippen LogP) is 5.86. The molecule has 1 unspecified atom stereocenters. The number of ketones is 1. The topological polar surface area (TPSA) is 69.9 Å². The van der Waals surface area contributed by atoms with Gasteiger partial charge in [0, 0.05) is 6.42 Å². The lowest BCUT2D eigenvalue weighted by atomic mass is 10.2. The van der Waals surface area contributed by atoms with Crippen LogP contribution >= 0.6 is 22.9 Å². The van der Waals surface area contributed by atoms with Gasteiger partial charge < -0.3 is 9.57 Å². The smallest absolute Gasteiger partial charge is 0.416 e. The first kappa shape index (κ1) is 24.8.